The molecule has 0 spiro atoms. The van der Waals surface area contributed by atoms with Crippen molar-refractivity contribution < 1.29 is 14.3 Å². The van der Waals surface area contributed by atoms with Crippen LogP contribution in [0.1, 0.15) is 35.2 Å². The number of ether oxygens (including phenoxy) is 1. The van der Waals surface area contributed by atoms with Crippen molar-refractivity contribution in [1.82, 2.24) is 0 Å². The molecule has 0 aliphatic heterocycles. The number of nitrogens with two attached hydrogens (primary N) is 1. The molecule has 0 unspecified atom stereocenters. The Morgan fingerprint density at radius 3 is 2.72 bits per heavy atom. The number of aliphatic imine (C=N–C) groups is 1. The summed E-state index contributed by atoms with van der Waals surface area (Å²) >= 11 is 0. The molecule has 0 atom stereocenters. The van der Waals surface area contributed by atoms with Crippen molar-refractivity contribution in [3.63, 3.8) is 0 Å². The minimum Gasteiger partial charge on any atom is -0.465 e. The standard InChI is InChI=1S/C13H14N2O3/c1-18-12(17)11-9(4-2-5-10(11)14)13(15-8-16)6-3-7-13/h2,4-5H,3,6-7,14H2,1H3. The second-order valence-electron chi connectivity index (χ2n) is 4.35. The summed E-state index contributed by atoms with van der Waals surface area (Å²) in [4.78, 5) is 26.3. The highest BCUT2D eigenvalue weighted by molar-refractivity contribution is 5.97. The fourth-order valence-electron chi connectivity index (χ4n) is 2.33. The molecule has 1 saturated carbocycles. The second kappa shape index (κ2) is 4.63. The third kappa shape index (κ3) is 1.79. The van der Waals surface area contributed by atoms with Crippen molar-refractivity contribution in [1.29, 1.82) is 0 Å². The molecule has 0 bridgehead atoms. The van der Waals surface area contributed by atoms with Crippen LogP contribution in [0.4, 0.5) is 5.69 Å². The van der Waals surface area contributed by atoms with Gasteiger partial charge >= 0.3 is 5.97 Å². The summed E-state index contributed by atoms with van der Waals surface area (Å²) in [7, 11) is 1.30. The van der Waals surface area contributed by atoms with Crippen LogP contribution in [-0.4, -0.2) is 19.2 Å². The van der Waals surface area contributed by atoms with Gasteiger partial charge in [0.2, 0.25) is 6.08 Å². The Kier molecular flexibility index (Phi) is 3.17. The Labute approximate surface area is 105 Å². The summed E-state index contributed by atoms with van der Waals surface area (Å²) in [5.41, 5.74) is 6.48. The van der Waals surface area contributed by atoms with E-state index in [1.807, 2.05) is 0 Å². The average molecular weight is 246 g/mol. The monoisotopic (exact) mass is 246 g/mol. The zero-order valence-electron chi connectivity index (χ0n) is 10.1. The van der Waals surface area contributed by atoms with Gasteiger partial charge in [0.15, 0.2) is 0 Å². The molecule has 1 aromatic carbocycles. The Hall–Kier alpha value is -2.13. The minimum atomic E-state index is -0.652. The lowest BCUT2D eigenvalue weighted by Gasteiger charge is -2.38. The van der Waals surface area contributed by atoms with Gasteiger partial charge in [-0.2, -0.15) is 4.99 Å². The number of methoxy groups -OCH3 is 1. The van der Waals surface area contributed by atoms with Crippen molar-refractivity contribution in [2.75, 3.05) is 12.8 Å². The van der Waals surface area contributed by atoms with E-state index < -0.39 is 11.5 Å². The minimum absolute atomic E-state index is 0.304. The molecular formula is C13H14N2O3. The maximum Gasteiger partial charge on any atom is 0.340 e. The van der Waals surface area contributed by atoms with E-state index in [-0.39, 0.29) is 0 Å². The fraction of sp³-hybridized carbons (Fsp3) is 0.385. The normalized spacial score (nSPS) is 16.3. The number of carbonyl (C=O) groups excluding carboxylic acids is 2. The molecule has 5 heteroatoms. The van der Waals surface area contributed by atoms with E-state index in [0.717, 1.165) is 19.3 Å². The zero-order valence-corrected chi connectivity index (χ0v) is 10.1. The van der Waals surface area contributed by atoms with Crippen LogP contribution in [0.2, 0.25) is 0 Å². The Morgan fingerprint density at radius 1 is 1.50 bits per heavy atom. The van der Waals surface area contributed by atoms with E-state index in [1.165, 1.54) is 7.11 Å². The molecule has 1 fully saturated rings. The quantitative estimate of drug-likeness (QED) is 0.381. The SMILES string of the molecule is COC(=O)c1c(N)cccc1C1(N=C=O)CCC1. The highest BCUT2D eigenvalue weighted by atomic mass is 16.5. The van der Waals surface area contributed by atoms with Gasteiger partial charge in [0, 0.05) is 5.69 Å². The first-order valence-electron chi connectivity index (χ1n) is 5.71. The predicted octanol–water partition coefficient (Wildman–Crippen LogP) is 1.77. The van der Waals surface area contributed by atoms with Crippen molar-refractivity contribution in [3.05, 3.63) is 29.3 Å². The van der Waals surface area contributed by atoms with Crippen LogP contribution in [0.5, 0.6) is 0 Å². The molecular weight excluding hydrogens is 232 g/mol. The molecule has 18 heavy (non-hydrogen) atoms. The number of isocyanates is 1. The molecule has 2 N–H and O–H groups in total. The molecule has 1 aliphatic rings. The smallest absolute Gasteiger partial charge is 0.340 e. The molecule has 2 rings (SSSR count). The number of esters is 1. The third-order valence-corrected chi connectivity index (χ3v) is 3.43. The van der Waals surface area contributed by atoms with Crippen LogP contribution in [0, 0.1) is 0 Å². The lowest BCUT2D eigenvalue weighted by molar-refractivity contribution is 0.0596. The first-order valence-corrected chi connectivity index (χ1v) is 5.71. The molecule has 94 valence electrons. The average Bonchev–Trinajstić information content (AvgIpc) is 2.32. The topological polar surface area (TPSA) is 81.8 Å². The molecule has 1 aliphatic carbocycles. The van der Waals surface area contributed by atoms with Gasteiger partial charge in [0.25, 0.3) is 0 Å². The lowest BCUT2D eigenvalue weighted by Crippen LogP contribution is -2.34. The van der Waals surface area contributed by atoms with Crippen molar-refractivity contribution in [3.8, 4) is 0 Å². The van der Waals surface area contributed by atoms with Gasteiger partial charge in [-0.1, -0.05) is 12.1 Å². The highest BCUT2D eigenvalue weighted by Gasteiger charge is 2.42. The summed E-state index contributed by atoms with van der Waals surface area (Å²) in [6, 6.07) is 5.15. The molecule has 0 saturated heterocycles. The molecule has 0 radical (unpaired) electrons. The van der Waals surface area contributed by atoms with Gasteiger partial charge in [-0.25, -0.2) is 9.59 Å². The predicted molar refractivity (Wildman–Crippen MR) is 65.8 cm³/mol. The van der Waals surface area contributed by atoms with Crippen LogP contribution in [-0.2, 0) is 15.1 Å². The van der Waals surface area contributed by atoms with Crippen LogP contribution in [0.25, 0.3) is 0 Å². The number of rotatable bonds is 3. The summed E-state index contributed by atoms with van der Waals surface area (Å²) in [5.74, 6) is -0.504. The van der Waals surface area contributed by atoms with Gasteiger partial charge in [-0.3, -0.25) is 0 Å². The number of hydrogen-bond acceptors (Lipinski definition) is 5. The van der Waals surface area contributed by atoms with Crippen LogP contribution in [0.15, 0.2) is 23.2 Å². The number of nitrogens with zero attached hydrogens (tertiary/aromatic N) is 1. The van der Waals surface area contributed by atoms with Crippen LogP contribution in [0.3, 0.4) is 0 Å². The fourth-order valence-corrected chi connectivity index (χ4v) is 2.33. The molecule has 1 aromatic rings. The number of hydrogen-bond donors (Lipinski definition) is 1. The van der Waals surface area contributed by atoms with E-state index in [0.29, 0.717) is 16.8 Å². The Bertz CT molecular complexity index is 529. The Balaban J connectivity index is 2.60. The number of carbonyl (C=O) groups is 1. The van der Waals surface area contributed by atoms with Gasteiger partial charge < -0.3 is 10.5 Å². The maximum absolute atomic E-state index is 11.8. The van der Waals surface area contributed by atoms with E-state index in [1.54, 1.807) is 24.3 Å². The zero-order chi connectivity index (χ0) is 13.2. The largest absolute Gasteiger partial charge is 0.465 e. The molecule has 0 heterocycles. The number of benzene rings is 1. The van der Waals surface area contributed by atoms with E-state index in [2.05, 4.69) is 4.99 Å². The van der Waals surface area contributed by atoms with Crippen molar-refractivity contribution >= 4 is 17.7 Å². The number of anilines is 1. The highest BCUT2D eigenvalue weighted by Crippen LogP contribution is 2.46. The second-order valence-corrected chi connectivity index (χ2v) is 4.35. The summed E-state index contributed by atoms with van der Waals surface area (Å²) < 4.78 is 4.74. The summed E-state index contributed by atoms with van der Waals surface area (Å²) in [6.45, 7) is 0. The van der Waals surface area contributed by atoms with Gasteiger partial charge in [-0.15, -0.1) is 0 Å². The maximum atomic E-state index is 11.8. The summed E-state index contributed by atoms with van der Waals surface area (Å²) in [5, 5.41) is 0. The van der Waals surface area contributed by atoms with Gasteiger partial charge in [-0.05, 0) is 30.9 Å². The van der Waals surface area contributed by atoms with Crippen LogP contribution < -0.4 is 5.73 Å². The van der Waals surface area contributed by atoms with Crippen LogP contribution >= 0.6 is 0 Å². The van der Waals surface area contributed by atoms with E-state index >= 15 is 0 Å². The lowest BCUT2D eigenvalue weighted by atomic mass is 9.70. The van der Waals surface area contributed by atoms with E-state index in [9.17, 15) is 9.59 Å². The molecule has 0 aromatic heterocycles. The first kappa shape index (κ1) is 12.3. The summed E-state index contributed by atoms with van der Waals surface area (Å²) in [6.07, 6.45) is 3.99. The van der Waals surface area contributed by atoms with Crippen molar-refractivity contribution in [2.45, 2.75) is 24.8 Å². The van der Waals surface area contributed by atoms with Gasteiger partial charge in [0.05, 0.1) is 18.2 Å². The van der Waals surface area contributed by atoms with E-state index in [4.69, 9.17) is 10.5 Å². The van der Waals surface area contributed by atoms with Gasteiger partial charge in [0.1, 0.15) is 0 Å². The first-order chi connectivity index (χ1) is 8.64. The molecule has 0 amide bonds. The number of nitrogen functional groups attached to an aromatic ring is 1. The Morgan fingerprint density at radius 2 is 2.22 bits per heavy atom. The van der Waals surface area contributed by atoms with Crippen molar-refractivity contribution in [2.24, 2.45) is 4.99 Å². The third-order valence-electron chi connectivity index (χ3n) is 3.43. The molecule has 5 nitrogen and oxygen atoms in total.